The Hall–Kier alpha value is -4.37. The fourth-order valence-corrected chi connectivity index (χ4v) is 3.98. The highest BCUT2D eigenvalue weighted by atomic mass is 16.1. The lowest BCUT2D eigenvalue weighted by molar-refractivity contribution is -0.111. The fraction of sp³-hybridized carbons (Fsp3) is 0.192. The number of carbonyl (C=O) groups is 1. The summed E-state index contributed by atoms with van der Waals surface area (Å²) in [7, 11) is 2.14. The second-order valence-electron chi connectivity index (χ2n) is 8.39. The van der Waals surface area contributed by atoms with E-state index in [1.54, 1.807) is 18.6 Å². The van der Waals surface area contributed by atoms with E-state index in [1.807, 2.05) is 42.5 Å². The van der Waals surface area contributed by atoms with Gasteiger partial charge in [-0.15, -0.1) is 0 Å². The molecular weight excluding hydrogens is 440 g/mol. The molecule has 0 bridgehead atoms. The second-order valence-corrected chi connectivity index (χ2v) is 8.39. The van der Waals surface area contributed by atoms with Gasteiger partial charge in [0.1, 0.15) is 11.3 Å². The van der Waals surface area contributed by atoms with E-state index in [0.29, 0.717) is 22.8 Å². The molecule has 0 aliphatic carbocycles. The maximum atomic E-state index is 11.7. The first kappa shape index (κ1) is 22.4. The number of amides is 1. The Morgan fingerprint density at radius 2 is 1.86 bits per heavy atom. The molecule has 1 aromatic carbocycles. The number of likely N-dealkylation sites (N-methyl/N-ethyl adjacent to an activating group) is 1. The molecule has 1 aliphatic heterocycles. The minimum absolute atomic E-state index is 0.269. The standard InChI is InChI=1S/C26H26N8O/c1-3-23(35)30-20-6-4-5-18(15-20)24-25-19(9-10-27-24)16-29-26(32-25)31-21-7-8-22(28-17-21)34-13-11-33(2)12-14-34/h3-10,15-17H,1,11-14H2,2H3,(H,30,35)(H,29,31,32). The van der Waals surface area contributed by atoms with Crippen LogP contribution in [0.1, 0.15) is 0 Å². The maximum absolute atomic E-state index is 11.7. The van der Waals surface area contributed by atoms with Crippen molar-refractivity contribution < 1.29 is 4.79 Å². The number of carbonyl (C=O) groups excluding carboxylic acids is 1. The Labute approximate surface area is 203 Å². The molecule has 1 saturated heterocycles. The Balaban J connectivity index is 1.39. The molecule has 3 aromatic heterocycles. The third-order valence-electron chi connectivity index (χ3n) is 5.92. The molecular formula is C26H26N8O. The first-order valence-corrected chi connectivity index (χ1v) is 11.4. The number of pyridine rings is 2. The first-order valence-electron chi connectivity index (χ1n) is 11.4. The molecule has 1 amide bonds. The number of hydrogen-bond acceptors (Lipinski definition) is 8. The SMILES string of the molecule is C=CC(=O)Nc1cccc(-c2nccc3cnc(Nc4ccc(N5CCN(C)CC5)nc4)nc23)c1. The van der Waals surface area contributed by atoms with E-state index in [0.717, 1.165) is 48.6 Å². The van der Waals surface area contributed by atoms with Crippen molar-refractivity contribution in [3.63, 3.8) is 0 Å². The van der Waals surface area contributed by atoms with Crippen molar-refractivity contribution in [1.29, 1.82) is 0 Å². The van der Waals surface area contributed by atoms with Gasteiger partial charge in [0, 0.05) is 55.2 Å². The van der Waals surface area contributed by atoms with E-state index >= 15 is 0 Å². The van der Waals surface area contributed by atoms with Crippen LogP contribution in [0.5, 0.6) is 0 Å². The van der Waals surface area contributed by atoms with Crippen molar-refractivity contribution in [2.75, 3.05) is 48.8 Å². The van der Waals surface area contributed by atoms with Crippen LogP contribution in [0.3, 0.4) is 0 Å². The topological polar surface area (TPSA) is 99.2 Å². The number of hydrogen-bond donors (Lipinski definition) is 2. The summed E-state index contributed by atoms with van der Waals surface area (Å²) in [6.45, 7) is 7.51. The third kappa shape index (κ3) is 5.10. The van der Waals surface area contributed by atoms with Crippen LogP contribution in [-0.2, 0) is 4.79 Å². The lowest BCUT2D eigenvalue weighted by Crippen LogP contribution is -2.44. The van der Waals surface area contributed by atoms with Crippen LogP contribution < -0.4 is 15.5 Å². The third-order valence-corrected chi connectivity index (χ3v) is 5.92. The molecule has 0 atom stereocenters. The molecule has 176 valence electrons. The van der Waals surface area contributed by atoms with Gasteiger partial charge in [-0.1, -0.05) is 18.7 Å². The van der Waals surface area contributed by atoms with Gasteiger partial charge in [-0.05, 0) is 43.5 Å². The van der Waals surface area contributed by atoms with Gasteiger partial charge in [-0.25, -0.2) is 15.0 Å². The summed E-state index contributed by atoms with van der Waals surface area (Å²) in [6, 6.07) is 13.4. The van der Waals surface area contributed by atoms with E-state index in [4.69, 9.17) is 4.98 Å². The lowest BCUT2D eigenvalue weighted by atomic mass is 10.1. The van der Waals surface area contributed by atoms with E-state index < -0.39 is 0 Å². The number of fused-ring (bicyclic) bond motifs is 1. The van der Waals surface area contributed by atoms with Crippen LogP contribution in [-0.4, -0.2) is 64.0 Å². The molecule has 0 saturated carbocycles. The highest BCUT2D eigenvalue weighted by Crippen LogP contribution is 2.28. The normalized spacial score (nSPS) is 14.0. The van der Waals surface area contributed by atoms with Crippen molar-refractivity contribution in [3.05, 3.63) is 73.7 Å². The van der Waals surface area contributed by atoms with Crippen molar-refractivity contribution in [3.8, 4) is 11.3 Å². The molecule has 2 N–H and O–H groups in total. The smallest absolute Gasteiger partial charge is 0.247 e. The minimum Gasteiger partial charge on any atom is -0.354 e. The van der Waals surface area contributed by atoms with Crippen LogP contribution in [0.2, 0.25) is 0 Å². The van der Waals surface area contributed by atoms with Crippen LogP contribution in [0.25, 0.3) is 22.2 Å². The van der Waals surface area contributed by atoms with Gasteiger partial charge >= 0.3 is 0 Å². The van der Waals surface area contributed by atoms with Crippen molar-refractivity contribution >= 4 is 40.0 Å². The van der Waals surface area contributed by atoms with Gasteiger partial charge in [0.25, 0.3) is 0 Å². The summed E-state index contributed by atoms with van der Waals surface area (Å²) >= 11 is 0. The number of rotatable bonds is 6. The quantitative estimate of drug-likeness (QED) is 0.415. The van der Waals surface area contributed by atoms with Gasteiger partial charge < -0.3 is 20.4 Å². The lowest BCUT2D eigenvalue weighted by Gasteiger charge is -2.33. The average Bonchev–Trinajstić information content (AvgIpc) is 2.89. The minimum atomic E-state index is -0.269. The number of nitrogens with zero attached hydrogens (tertiary/aromatic N) is 6. The monoisotopic (exact) mass is 466 g/mol. The zero-order chi connectivity index (χ0) is 24.2. The van der Waals surface area contributed by atoms with Gasteiger partial charge in [0.05, 0.1) is 17.6 Å². The molecule has 0 radical (unpaired) electrons. The number of piperazine rings is 1. The van der Waals surface area contributed by atoms with E-state index in [1.165, 1.54) is 6.08 Å². The largest absolute Gasteiger partial charge is 0.354 e. The number of nitrogens with one attached hydrogen (secondary N) is 2. The average molecular weight is 467 g/mol. The summed E-state index contributed by atoms with van der Waals surface area (Å²) in [4.78, 5) is 34.7. The highest BCUT2D eigenvalue weighted by molar-refractivity contribution is 5.99. The van der Waals surface area contributed by atoms with Crippen molar-refractivity contribution in [2.24, 2.45) is 0 Å². The van der Waals surface area contributed by atoms with Crippen molar-refractivity contribution in [2.45, 2.75) is 0 Å². The van der Waals surface area contributed by atoms with Crippen LogP contribution in [0.4, 0.5) is 23.1 Å². The summed E-state index contributed by atoms with van der Waals surface area (Å²) in [5.41, 5.74) is 3.71. The van der Waals surface area contributed by atoms with Gasteiger partial charge in [-0.2, -0.15) is 0 Å². The van der Waals surface area contributed by atoms with Crippen LogP contribution in [0, 0.1) is 0 Å². The molecule has 1 fully saturated rings. The maximum Gasteiger partial charge on any atom is 0.247 e. The van der Waals surface area contributed by atoms with Crippen LogP contribution in [0.15, 0.2) is 73.7 Å². The molecule has 35 heavy (non-hydrogen) atoms. The van der Waals surface area contributed by atoms with E-state index in [9.17, 15) is 4.79 Å². The number of benzene rings is 1. The molecule has 1 aliphatic rings. The molecule has 4 aromatic rings. The summed E-state index contributed by atoms with van der Waals surface area (Å²) in [5.74, 6) is 1.16. The Morgan fingerprint density at radius 1 is 1.00 bits per heavy atom. The number of aromatic nitrogens is 4. The van der Waals surface area contributed by atoms with Gasteiger partial charge in [0.2, 0.25) is 11.9 Å². The Kier molecular flexibility index (Phi) is 6.32. The zero-order valence-electron chi connectivity index (χ0n) is 19.5. The van der Waals surface area contributed by atoms with Crippen LogP contribution >= 0.6 is 0 Å². The highest BCUT2D eigenvalue weighted by Gasteiger charge is 2.15. The second kappa shape index (κ2) is 9.86. The molecule has 4 heterocycles. The molecule has 0 spiro atoms. The van der Waals surface area contributed by atoms with E-state index in [-0.39, 0.29) is 5.91 Å². The zero-order valence-corrected chi connectivity index (χ0v) is 19.5. The Bertz CT molecular complexity index is 1360. The summed E-state index contributed by atoms with van der Waals surface area (Å²) in [6.07, 6.45) is 6.53. The predicted octanol–water partition coefficient (Wildman–Crippen LogP) is 3.71. The molecule has 9 nitrogen and oxygen atoms in total. The van der Waals surface area contributed by atoms with Gasteiger partial charge in [-0.3, -0.25) is 9.78 Å². The molecule has 9 heteroatoms. The fourth-order valence-electron chi connectivity index (χ4n) is 3.98. The predicted molar refractivity (Wildman–Crippen MR) is 139 cm³/mol. The van der Waals surface area contributed by atoms with E-state index in [2.05, 4.69) is 49.0 Å². The molecule has 0 unspecified atom stereocenters. The first-order chi connectivity index (χ1) is 17.1. The Morgan fingerprint density at radius 3 is 2.63 bits per heavy atom. The van der Waals surface area contributed by atoms with Gasteiger partial charge in [0.15, 0.2) is 0 Å². The molecule has 5 rings (SSSR count). The summed E-state index contributed by atoms with van der Waals surface area (Å²) < 4.78 is 0. The van der Waals surface area contributed by atoms with Crippen molar-refractivity contribution in [1.82, 2.24) is 24.8 Å². The summed E-state index contributed by atoms with van der Waals surface area (Å²) in [5, 5.41) is 6.90. The number of anilines is 4.